The average Bonchev–Trinajstić information content (AvgIpc) is 2.63. The van der Waals surface area contributed by atoms with Crippen molar-refractivity contribution in [1.29, 1.82) is 0 Å². The van der Waals surface area contributed by atoms with E-state index in [2.05, 4.69) is 5.10 Å². The number of benzene rings is 1. The number of hydrogen-bond donors (Lipinski definition) is 2. The Kier molecular flexibility index (Phi) is 5.58. The molecule has 1 aromatic carbocycles. The van der Waals surface area contributed by atoms with Gasteiger partial charge in [-0.15, -0.1) is 0 Å². The molecule has 0 spiro atoms. The Balaban J connectivity index is 0.00000243. The van der Waals surface area contributed by atoms with Crippen LogP contribution in [-0.4, -0.2) is 22.8 Å². The van der Waals surface area contributed by atoms with Crippen LogP contribution in [-0.2, 0) is 0 Å². The van der Waals surface area contributed by atoms with Gasteiger partial charge in [0.05, 0.1) is 12.8 Å². The maximum Gasteiger partial charge on any atom is 0.346 e. The Morgan fingerprint density at radius 2 is 1.77 bits per heavy atom. The number of rotatable bonds is 4. The summed E-state index contributed by atoms with van der Waals surface area (Å²) in [6.45, 7) is 0. The first-order valence-corrected chi connectivity index (χ1v) is 7.36. The molecule has 0 radical (unpaired) electrons. The van der Waals surface area contributed by atoms with Crippen LogP contribution in [0.25, 0.3) is 11.4 Å². The summed E-state index contributed by atoms with van der Waals surface area (Å²) >= 11 is 0. The number of hydrogen-bond acceptors (Lipinski definition) is 5. The van der Waals surface area contributed by atoms with Gasteiger partial charge in [-0.3, -0.25) is 9.59 Å². The van der Waals surface area contributed by atoms with E-state index in [-0.39, 0.29) is 29.5 Å². The number of methoxy groups -OCH3 is 1. The summed E-state index contributed by atoms with van der Waals surface area (Å²) in [6, 6.07) is 11.9. The highest BCUT2D eigenvalue weighted by Crippen LogP contribution is 2.16. The third-order valence-corrected chi connectivity index (χ3v) is 3.63. The SMILES string of the molecule is COc1ccc(-n2nc(C(N)=O)c(N)c(-[n+]3ccccc3)c2=O)cc1.[Cl-]. The highest BCUT2D eigenvalue weighted by atomic mass is 35.5. The van der Waals surface area contributed by atoms with Crippen LogP contribution in [0.2, 0.25) is 0 Å². The molecular formula is C17H16ClN5O3. The molecule has 8 nitrogen and oxygen atoms in total. The van der Waals surface area contributed by atoms with Gasteiger partial charge in [-0.05, 0) is 24.3 Å². The number of carbonyl (C=O) groups is 1. The van der Waals surface area contributed by atoms with Gasteiger partial charge in [0.15, 0.2) is 18.1 Å². The number of anilines is 1. The maximum absolute atomic E-state index is 12.9. The van der Waals surface area contributed by atoms with Crippen molar-refractivity contribution in [2.75, 3.05) is 12.8 Å². The Bertz CT molecular complexity index is 988. The first-order valence-electron chi connectivity index (χ1n) is 7.36. The predicted molar refractivity (Wildman–Crippen MR) is 90.8 cm³/mol. The van der Waals surface area contributed by atoms with Crippen molar-refractivity contribution >= 4 is 11.6 Å². The predicted octanol–water partition coefficient (Wildman–Crippen LogP) is -2.80. The molecule has 0 unspecified atom stereocenters. The van der Waals surface area contributed by atoms with Crippen LogP contribution < -0.4 is 38.7 Å². The number of aromatic nitrogens is 3. The first-order chi connectivity index (χ1) is 12.0. The van der Waals surface area contributed by atoms with Crippen LogP contribution in [0.1, 0.15) is 10.5 Å². The molecule has 0 fully saturated rings. The van der Waals surface area contributed by atoms with Gasteiger partial charge >= 0.3 is 11.2 Å². The van der Waals surface area contributed by atoms with Gasteiger partial charge in [-0.1, -0.05) is 6.07 Å². The maximum atomic E-state index is 12.9. The summed E-state index contributed by atoms with van der Waals surface area (Å²) in [5.74, 6) is -0.197. The van der Waals surface area contributed by atoms with Crippen molar-refractivity contribution in [3.63, 3.8) is 0 Å². The summed E-state index contributed by atoms with van der Waals surface area (Å²) in [6.07, 6.45) is 3.30. The second kappa shape index (κ2) is 7.66. The van der Waals surface area contributed by atoms with Crippen LogP contribution in [0.4, 0.5) is 5.69 Å². The lowest BCUT2D eigenvalue weighted by Crippen LogP contribution is -3.00. The number of ether oxygens (including phenoxy) is 1. The van der Waals surface area contributed by atoms with Crippen molar-refractivity contribution in [1.82, 2.24) is 9.78 Å². The zero-order chi connectivity index (χ0) is 18.0. The van der Waals surface area contributed by atoms with E-state index in [4.69, 9.17) is 16.2 Å². The van der Waals surface area contributed by atoms with E-state index in [1.54, 1.807) is 54.9 Å². The van der Waals surface area contributed by atoms with E-state index in [9.17, 15) is 9.59 Å². The summed E-state index contributed by atoms with van der Waals surface area (Å²) < 4.78 is 7.71. The number of nitrogen functional groups attached to an aromatic ring is 1. The topological polar surface area (TPSA) is 117 Å². The lowest BCUT2D eigenvalue weighted by Gasteiger charge is -2.10. The van der Waals surface area contributed by atoms with E-state index >= 15 is 0 Å². The minimum absolute atomic E-state index is 0. The van der Waals surface area contributed by atoms with Gasteiger partial charge in [0, 0.05) is 12.1 Å². The van der Waals surface area contributed by atoms with Gasteiger partial charge in [0.1, 0.15) is 11.4 Å². The smallest absolute Gasteiger partial charge is 0.346 e. The fourth-order valence-corrected chi connectivity index (χ4v) is 2.40. The highest BCUT2D eigenvalue weighted by Gasteiger charge is 2.26. The molecule has 0 saturated heterocycles. The van der Waals surface area contributed by atoms with E-state index in [1.165, 1.54) is 11.7 Å². The number of nitrogens with two attached hydrogens (primary N) is 2. The molecule has 1 amide bonds. The fraction of sp³-hybridized carbons (Fsp3) is 0.0588. The van der Waals surface area contributed by atoms with Gasteiger partial charge in [0.2, 0.25) is 0 Å². The Labute approximate surface area is 155 Å². The molecule has 0 aliphatic rings. The van der Waals surface area contributed by atoms with Crippen molar-refractivity contribution in [3.05, 3.63) is 70.9 Å². The average molecular weight is 374 g/mol. The molecule has 26 heavy (non-hydrogen) atoms. The van der Waals surface area contributed by atoms with E-state index in [0.29, 0.717) is 11.4 Å². The molecule has 0 aliphatic heterocycles. The van der Waals surface area contributed by atoms with E-state index in [0.717, 1.165) is 4.68 Å². The van der Waals surface area contributed by atoms with Crippen LogP contribution in [0.3, 0.4) is 0 Å². The monoisotopic (exact) mass is 373 g/mol. The molecule has 0 saturated carbocycles. The Morgan fingerprint density at radius 1 is 1.15 bits per heavy atom. The van der Waals surface area contributed by atoms with Crippen LogP contribution >= 0.6 is 0 Å². The van der Waals surface area contributed by atoms with Crippen molar-refractivity contribution in [2.24, 2.45) is 5.73 Å². The highest BCUT2D eigenvalue weighted by molar-refractivity contribution is 5.96. The minimum Gasteiger partial charge on any atom is -1.00 e. The molecule has 3 aromatic rings. The quantitative estimate of drug-likeness (QED) is 0.479. The van der Waals surface area contributed by atoms with Gasteiger partial charge < -0.3 is 28.6 Å². The molecule has 0 atom stereocenters. The van der Waals surface area contributed by atoms with Gasteiger partial charge in [-0.25, -0.2) is 0 Å². The molecule has 0 bridgehead atoms. The zero-order valence-electron chi connectivity index (χ0n) is 13.8. The molecule has 2 heterocycles. The molecule has 0 aliphatic carbocycles. The van der Waals surface area contributed by atoms with Crippen molar-refractivity contribution < 1.29 is 26.5 Å². The lowest BCUT2D eigenvalue weighted by atomic mass is 10.2. The summed E-state index contributed by atoms with van der Waals surface area (Å²) in [5.41, 5.74) is 11.2. The van der Waals surface area contributed by atoms with Gasteiger partial charge in [0.25, 0.3) is 5.91 Å². The van der Waals surface area contributed by atoms with Crippen LogP contribution in [0.5, 0.6) is 5.75 Å². The van der Waals surface area contributed by atoms with E-state index in [1.807, 2.05) is 0 Å². The third kappa shape index (κ3) is 3.35. The first kappa shape index (κ1) is 18.9. The number of pyridine rings is 1. The lowest BCUT2D eigenvalue weighted by molar-refractivity contribution is -0.596. The summed E-state index contributed by atoms with van der Waals surface area (Å²) in [4.78, 5) is 24.7. The minimum atomic E-state index is -0.822. The molecule has 134 valence electrons. The number of halogens is 1. The Hall–Kier alpha value is -3.39. The molecule has 3 rings (SSSR count). The molecule has 4 N–H and O–H groups in total. The van der Waals surface area contributed by atoms with Gasteiger partial charge in [-0.2, -0.15) is 14.3 Å². The number of nitrogens with zero attached hydrogens (tertiary/aromatic N) is 3. The number of amides is 1. The second-order valence-electron chi connectivity index (χ2n) is 5.17. The standard InChI is InChI=1S/C17H15N5O3.ClH/c1-25-12-7-5-11(6-8-12)22-17(24)15(21-9-3-2-4-10-21)13(18)14(20-22)16(19)23;/h2-10H,1H3,(H3-,18,19,23,24);1H. The molecule has 9 heteroatoms. The Morgan fingerprint density at radius 3 is 2.31 bits per heavy atom. The second-order valence-corrected chi connectivity index (χ2v) is 5.17. The largest absolute Gasteiger partial charge is 1.00 e. The fourth-order valence-electron chi connectivity index (χ4n) is 2.40. The number of primary amides is 1. The van der Waals surface area contributed by atoms with Crippen molar-refractivity contribution in [3.8, 4) is 17.1 Å². The number of carbonyl (C=O) groups excluding carboxylic acids is 1. The summed E-state index contributed by atoms with van der Waals surface area (Å²) in [5, 5.41) is 4.03. The third-order valence-electron chi connectivity index (χ3n) is 3.63. The normalized spacial score (nSPS) is 10.0. The van der Waals surface area contributed by atoms with E-state index < -0.39 is 11.5 Å². The van der Waals surface area contributed by atoms with Crippen LogP contribution in [0.15, 0.2) is 59.7 Å². The van der Waals surface area contributed by atoms with Crippen molar-refractivity contribution in [2.45, 2.75) is 0 Å². The van der Waals surface area contributed by atoms with Crippen LogP contribution in [0, 0.1) is 0 Å². The molecule has 2 aromatic heterocycles. The summed E-state index contributed by atoms with van der Waals surface area (Å²) in [7, 11) is 1.54. The molecular weight excluding hydrogens is 358 g/mol. The zero-order valence-corrected chi connectivity index (χ0v) is 14.6.